The van der Waals surface area contributed by atoms with Gasteiger partial charge in [-0.2, -0.15) is 0 Å². The van der Waals surface area contributed by atoms with Crippen molar-refractivity contribution in [3.05, 3.63) is 48.5 Å². The average molecular weight is 461 g/mol. The number of hydrogen-bond donors (Lipinski definition) is 3. The van der Waals surface area contributed by atoms with Crippen LogP contribution in [0.1, 0.15) is 26.7 Å². The summed E-state index contributed by atoms with van der Waals surface area (Å²) in [4.78, 5) is 39.7. The third kappa shape index (κ3) is 6.38. The average Bonchev–Trinajstić information content (AvgIpc) is 2.80. The van der Waals surface area contributed by atoms with Crippen molar-refractivity contribution < 1.29 is 27.5 Å². The van der Waals surface area contributed by atoms with E-state index in [0.29, 0.717) is 0 Å². The van der Waals surface area contributed by atoms with Crippen LogP contribution in [-0.4, -0.2) is 39.4 Å². The number of methoxy groups -OCH3 is 1. The van der Waals surface area contributed by atoms with Gasteiger partial charge in [0, 0.05) is 12.8 Å². The number of anilines is 1. The van der Waals surface area contributed by atoms with Gasteiger partial charge in [0.15, 0.2) is 0 Å². The van der Waals surface area contributed by atoms with Crippen LogP contribution in [0, 0.1) is 0 Å². The molecule has 0 unspecified atom stereocenters. The van der Waals surface area contributed by atoms with Crippen LogP contribution in [0.15, 0.2) is 63.3 Å². The first-order valence-electron chi connectivity index (χ1n) is 9.68. The molecule has 11 heteroatoms. The number of alkyl carbamates (subject to hydrolysis) is 1. The second-order valence-corrected chi connectivity index (χ2v) is 8.33. The highest BCUT2D eigenvalue weighted by molar-refractivity contribution is 7.91. The second-order valence-electron chi connectivity index (χ2n) is 6.38. The van der Waals surface area contributed by atoms with Gasteiger partial charge < -0.3 is 10.1 Å². The maximum absolute atomic E-state index is 13.0. The number of benzene rings is 2. The van der Waals surface area contributed by atoms with Crippen LogP contribution < -0.4 is 16.0 Å². The van der Waals surface area contributed by atoms with Crippen molar-refractivity contribution in [1.82, 2.24) is 10.6 Å². The molecule has 0 spiro atoms. The zero-order chi connectivity index (χ0) is 23.7. The number of amides is 3. The van der Waals surface area contributed by atoms with Crippen molar-refractivity contribution in [3.63, 3.8) is 0 Å². The molecule has 0 radical (unpaired) electrons. The van der Waals surface area contributed by atoms with Crippen LogP contribution in [-0.2, 0) is 24.2 Å². The number of guanidine groups is 1. The minimum absolute atomic E-state index is 0.0610. The van der Waals surface area contributed by atoms with E-state index in [9.17, 15) is 22.8 Å². The fraction of sp³-hybridized carbons (Fsp3) is 0.238. The summed E-state index contributed by atoms with van der Waals surface area (Å²) in [6.45, 7) is 3.25. The van der Waals surface area contributed by atoms with Gasteiger partial charge in [-0.25, -0.2) is 18.2 Å². The second kappa shape index (κ2) is 11.0. The highest BCUT2D eigenvalue weighted by atomic mass is 32.2. The van der Waals surface area contributed by atoms with E-state index in [1.807, 2.05) is 0 Å². The predicted octanol–water partition coefficient (Wildman–Crippen LogP) is 2.74. The minimum Gasteiger partial charge on any atom is -0.453 e. The maximum atomic E-state index is 13.0. The van der Waals surface area contributed by atoms with E-state index in [2.05, 4.69) is 25.7 Å². The highest BCUT2D eigenvalue weighted by Crippen LogP contribution is 2.31. The zero-order valence-electron chi connectivity index (χ0n) is 17.8. The van der Waals surface area contributed by atoms with Gasteiger partial charge in [0.05, 0.1) is 28.3 Å². The summed E-state index contributed by atoms with van der Waals surface area (Å²) in [5, 5.41) is 7.28. The van der Waals surface area contributed by atoms with E-state index < -0.39 is 21.8 Å². The number of ether oxygens (including phenoxy) is 1. The lowest BCUT2D eigenvalue weighted by Gasteiger charge is -2.13. The number of aliphatic imine (C=N–C) groups is 1. The van der Waals surface area contributed by atoms with Gasteiger partial charge in [-0.15, -0.1) is 0 Å². The lowest BCUT2D eigenvalue weighted by molar-refractivity contribution is -0.119. The Balaban J connectivity index is 2.57. The molecular weight excluding hydrogens is 436 g/mol. The number of hydrogen-bond acceptors (Lipinski definition) is 7. The molecule has 0 saturated carbocycles. The first-order chi connectivity index (χ1) is 15.2. The van der Waals surface area contributed by atoms with Crippen molar-refractivity contribution in [3.8, 4) is 0 Å². The number of rotatable bonds is 6. The molecule has 2 rings (SSSR count). The predicted molar refractivity (Wildman–Crippen MR) is 118 cm³/mol. The lowest BCUT2D eigenvalue weighted by Crippen LogP contribution is -2.43. The SMILES string of the molecule is CCC(=O)NC(=Nc1ccc(S(=O)(=O)c2ccccc2)cc1NC(=O)CC)NC(=O)OC. The summed E-state index contributed by atoms with van der Waals surface area (Å²) < 4.78 is 30.5. The van der Waals surface area contributed by atoms with Gasteiger partial charge in [0.25, 0.3) is 0 Å². The molecule has 3 N–H and O–H groups in total. The summed E-state index contributed by atoms with van der Waals surface area (Å²) in [6, 6.07) is 11.8. The van der Waals surface area contributed by atoms with E-state index in [-0.39, 0.29) is 45.9 Å². The van der Waals surface area contributed by atoms with E-state index in [0.717, 1.165) is 7.11 Å². The Hall–Kier alpha value is -3.73. The largest absolute Gasteiger partial charge is 0.453 e. The van der Waals surface area contributed by atoms with Crippen molar-refractivity contribution in [2.45, 2.75) is 36.5 Å². The van der Waals surface area contributed by atoms with E-state index in [1.165, 1.54) is 30.3 Å². The fourth-order valence-corrected chi connectivity index (χ4v) is 3.74. The molecule has 0 aliphatic heterocycles. The Morgan fingerprint density at radius 3 is 2.16 bits per heavy atom. The number of sulfone groups is 1. The van der Waals surface area contributed by atoms with Crippen molar-refractivity contribution in [1.29, 1.82) is 0 Å². The third-order valence-corrected chi connectivity index (χ3v) is 5.91. The molecule has 0 aromatic heterocycles. The molecule has 0 aliphatic carbocycles. The normalized spacial score (nSPS) is 11.4. The first kappa shape index (κ1) is 24.5. The Morgan fingerprint density at radius 2 is 1.56 bits per heavy atom. The monoisotopic (exact) mass is 460 g/mol. The highest BCUT2D eigenvalue weighted by Gasteiger charge is 2.20. The molecular formula is C21H24N4O6S. The number of carbonyl (C=O) groups excluding carboxylic acids is 3. The van der Waals surface area contributed by atoms with Gasteiger partial charge in [0.1, 0.15) is 0 Å². The number of carbonyl (C=O) groups is 3. The molecule has 3 amide bonds. The topological polar surface area (TPSA) is 143 Å². The number of nitrogens with one attached hydrogen (secondary N) is 3. The summed E-state index contributed by atoms with van der Waals surface area (Å²) in [7, 11) is -2.71. The zero-order valence-corrected chi connectivity index (χ0v) is 18.7. The molecule has 170 valence electrons. The van der Waals surface area contributed by atoms with Gasteiger partial charge >= 0.3 is 6.09 Å². The van der Waals surface area contributed by atoms with Crippen LogP contribution >= 0.6 is 0 Å². The molecule has 0 fully saturated rings. The van der Waals surface area contributed by atoms with Crippen molar-refractivity contribution in [2.24, 2.45) is 4.99 Å². The molecule has 2 aromatic rings. The van der Waals surface area contributed by atoms with Crippen LogP contribution in [0.25, 0.3) is 0 Å². The van der Waals surface area contributed by atoms with Crippen LogP contribution in [0.5, 0.6) is 0 Å². The summed E-state index contributed by atoms with van der Waals surface area (Å²) >= 11 is 0. The van der Waals surface area contributed by atoms with Gasteiger partial charge in [0.2, 0.25) is 27.6 Å². The Morgan fingerprint density at radius 1 is 0.906 bits per heavy atom. The van der Waals surface area contributed by atoms with Crippen LogP contribution in [0.3, 0.4) is 0 Å². The Kier molecular flexibility index (Phi) is 8.47. The quantitative estimate of drug-likeness (QED) is 0.447. The van der Waals surface area contributed by atoms with Crippen LogP contribution in [0.2, 0.25) is 0 Å². The Bertz CT molecular complexity index is 1110. The molecule has 10 nitrogen and oxygen atoms in total. The van der Waals surface area contributed by atoms with Gasteiger partial charge in [-0.05, 0) is 30.3 Å². The minimum atomic E-state index is -3.85. The molecule has 0 saturated heterocycles. The fourth-order valence-electron chi connectivity index (χ4n) is 2.43. The van der Waals surface area contributed by atoms with Gasteiger partial charge in [-0.1, -0.05) is 32.0 Å². The molecule has 2 aromatic carbocycles. The maximum Gasteiger partial charge on any atom is 0.413 e. The summed E-state index contributed by atoms with van der Waals surface area (Å²) in [5.41, 5.74) is 0.199. The van der Waals surface area contributed by atoms with Crippen LogP contribution in [0.4, 0.5) is 16.2 Å². The molecule has 0 bridgehead atoms. The van der Waals surface area contributed by atoms with E-state index in [1.54, 1.807) is 32.0 Å². The van der Waals surface area contributed by atoms with Crippen molar-refractivity contribution in [2.75, 3.05) is 12.4 Å². The van der Waals surface area contributed by atoms with Gasteiger partial charge in [-0.3, -0.25) is 20.2 Å². The summed E-state index contributed by atoms with van der Waals surface area (Å²) in [6.07, 6.45) is -0.614. The van der Waals surface area contributed by atoms with Crippen molar-refractivity contribution >= 4 is 45.1 Å². The standard InChI is InChI=1S/C21H24N4O6S/c1-4-18(26)22-17-13-15(32(29,30)14-9-7-6-8-10-14)11-12-16(17)23-20(24-19(27)5-2)25-21(28)31-3/h6-13H,4-5H2,1-3H3,(H,22,26)(H2,23,24,25,27,28). The third-order valence-electron chi connectivity index (χ3n) is 4.14. The molecule has 32 heavy (non-hydrogen) atoms. The van der Waals surface area contributed by atoms with E-state index >= 15 is 0 Å². The molecule has 0 heterocycles. The smallest absolute Gasteiger partial charge is 0.413 e. The molecule has 0 aliphatic rings. The summed E-state index contributed by atoms with van der Waals surface area (Å²) in [5.74, 6) is -1.05. The number of nitrogens with zero attached hydrogens (tertiary/aromatic N) is 1. The van der Waals surface area contributed by atoms with E-state index in [4.69, 9.17) is 0 Å². The molecule has 0 atom stereocenters. The first-order valence-corrected chi connectivity index (χ1v) is 11.2. The Labute approximate surface area is 186 Å². The lowest BCUT2D eigenvalue weighted by atomic mass is 10.2.